The molecule has 0 aliphatic rings. The van der Waals surface area contributed by atoms with Crippen LogP contribution in [0.2, 0.25) is 0 Å². The highest BCUT2D eigenvalue weighted by Crippen LogP contribution is 2.24. The lowest BCUT2D eigenvalue weighted by molar-refractivity contribution is 0.315. The van der Waals surface area contributed by atoms with Crippen LogP contribution in [0.1, 0.15) is 52.0 Å². The predicted molar refractivity (Wildman–Crippen MR) is 89.3 cm³/mol. The number of hydrogen-bond donors (Lipinski definition) is 1. The molecule has 0 radical (unpaired) electrons. The molecule has 0 amide bonds. The molecule has 0 bridgehead atoms. The summed E-state index contributed by atoms with van der Waals surface area (Å²) < 4.78 is 10.2. The summed E-state index contributed by atoms with van der Waals surface area (Å²) in [5.41, 5.74) is 6.54. The summed E-state index contributed by atoms with van der Waals surface area (Å²) in [4.78, 5) is 0. The van der Waals surface area contributed by atoms with Crippen molar-refractivity contribution in [1.29, 1.82) is 0 Å². The van der Waals surface area contributed by atoms with E-state index in [1.165, 1.54) is 24.8 Å². The molecule has 0 saturated carbocycles. The van der Waals surface area contributed by atoms with E-state index >= 15 is 0 Å². The molecule has 2 unspecified atom stereocenters. The van der Waals surface area contributed by atoms with Crippen LogP contribution < -0.4 is 5.73 Å². The Hall–Kier alpha value is -0.720. The normalized spacial score (nSPS) is 13.4. The first-order valence-electron chi connectivity index (χ1n) is 7.72. The van der Waals surface area contributed by atoms with Crippen molar-refractivity contribution in [3.8, 4) is 0 Å². The Morgan fingerprint density at radius 2 is 1.80 bits per heavy atom. The third-order valence-corrected chi connectivity index (χ3v) is 4.37. The largest absolute Gasteiger partial charge is 0.326 e. The quantitative estimate of drug-likeness (QED) is 0.524. The van der Waals surface area contributed by atoms with E-state index in [0.717, 1.165) is 24.4 Å². The summed E-state index contributed by atoms with van der Waals surface area (Å²) in [5.74, 6) is 1.68. The topological polar surface area (TPSA) is 43.1 Å². The average Bonchev–Trinajstić information content (AvgIpc) is 2.52. The molecule has 0 fully saturated rings. The molecule has 0 saturated heterocycles. The van der Waals surface area contributed by atoms with Crippen molar-refractivity contribution in [3.05, 3.63) is 35.9 Å². The molecule has 114 valence electrons. The zero-order valence-corrected chi connectivity index (χ0v) is 14.1. The van der Waals surface area contributed by atoms with E-state index in [2.05, 4.69) is 20.8 Å². The second-order valence-corrected chi connectivity index (χ2v) is 5.94. The van der Waals surface area contributed by atoms with Crippen molar-refractivity contribution in [3.63, 3.8) is 0 Å². The average molecular weight is 295 g/mol. The van der Waals surface area contributed by atoms with Gasteiger partial charge in [-0.3, -0.25) is 4.57 Å². The van der Waals surface area contributed by atoms with Crippen LogP contribution >= 0.6 is 8.46 Å². The van der Waals surface area contributed by atoms with Crippen LogP contribution in [-0.2, 0) is 11.1 Å². The number of benzene rings is 1. The summed E-state index contributed by atoms with van der Waals surface area (Å²) in [6, 6.07) is 9.99. The minimum Gasteiger partial charge on any atom is -0.326 e. The van der Waals surface area contributed by atoms with E-state index < -0.39 is 0 Å². The summed E-state index contributed by atoms with van der Waals surface area (Å²) in [6.45, 7) is 7.47. The lowest BCUT2D eigenvalue weighted by Gasteiger charge is -2.20. The van der Waals surface area contributed by atoms with Crippen molar-refractivity contribution in [2.24, 2.45) is 17.6 Å². The van der Waals surface area contributed by atoms with E-state index in [1.807, 2.05) is 30.3 Å². The fraction of sp³-hybridized carbons (Fsp3) is 0.647. The SMILES string of the molecule is CCC(C)C(CC)CCCP=O.NCc1ccccc1. The van der Waals surface area contributed by atoms with Gasteiger partial charge in [0.1, 0.15) is 0 Å². The highest BCUT2D eigenvalue weighted by atomic mass is 31.1. The molecule has 20 heavy (non-hydrogen) atoms. The van der Waals surface area contributed by atoms with Gasteiger partial charge in [-0.05, 0) is 30.2 Å². The van der Waals surface area contributed by atoms with E-state index in [-0.39, 0.29) is 0 Å². The van der Waals surface area contributed by atoms with Crippen LogP contribution in [0.3, 0.4) is 0 Å². The minimum atomic E-state index is 0.313. The Bertz CT molecular complexity index is 329. The van der Waals surface area contributed by atoms with Crippen molar-refractivity contribution in [2.45, 2.75) is 53.0 Å². The van der Waals surface area contributed by atoms with Crippen molar-refractivity contribution in [2.75, 3.05) is 6.16 Å². The number of nitrogens with two attached hydrogens (primary N) is 1. The van der Waals surface area contributed by atoms with Gasteiger partial charge >= 0.3 is 0 Å². The van der Waals surface area contributed by atoms with E-state index in [9.17, 15) is 4.57 Å². The standard InChI is InChI=1S/C10H21OP.C7H9N/c1-4-9(3)10(5-2)7-6-8-12-11;8-6-7-4-2-1-3-5-7/h9-10H,4-8H2,1-3H3;1-5H,6,8H2. The third-order valence-electron chi connectivity index (χ3n) is 3.88. The molecule has 2 N–H and O–H groups in total. The van der Waals surface area contributed by atoms with Gasteiger partial charge < -0.3 is 5.73 Å². The molecule has 2 atom stereocenters. The van der Waals surface area contributed by atoms with Crippen LogP contribution in [0.25, 0.3) is 0 Å². The van der Waals surface area contributed by atoms with Gasteiger partial charge in [0, 0.05) is 12.7 Å². The van der Waals surface area contributed by atoms with Gasteiger partial charge in [-0.15, -0.1) is 0 Å². The first-order chi connectivity index (χ1) is 9.69. The first-order valence-corrected chi connectivity index (χ1v) is 8.72. The molecule has 1 aromatic rings. The van der Waals surface area contributed by atoms with Crippen LogP contribution in [0.4, 0.5) is 0 Å². The van der Waals surface area contributed by atoms with Gasteiger partial charge in [-0.2, -0.15) is 0 Å². The second-order valence-electron chi connectivity index (χ2n) is 5.24. The van der Waals surface area contributed by atoms with Crippen LogP contribution in [0.15, 0.2) is 30.3 Å². The minimum absolute atomic E-state index is 0.313. The van der Waals surface area contributed by atoms with Crippen LogP contribution in [-0.4, -0.2) is 6.16 Å². The van der Waals surface area contributed by atoms with Gasteiger partial charge in [-0.25, -0.2) is 0 Å². The molecular weight excluding hydrogens is 265 g/mol. The maximum absolute atomic E-state index is 10.2. The van der Waals surface area contributed by atoms with Gasteiger partial charge in [-0.1, -0.05) is 63.9 Å². The van der Waals surface area contributed by atoms with Gasteiger partial charge in [0.15, 0.2) is 8.46 Å². The zero-order chi connectivity index (χ0) is 15.2. The molecule has 0 aromatic heterocycles. The lowest BCUT2D eigenvalue weighted by atomic mass is 9.86. The second kappa shape index (κ2) is 13.3. The van der Waals surface area contributed by atoms with E-state index in [0.29, 0.717) is 15.0 Å². The van der Waals surface area contributed by atoms with Crippen molar-refractivity contribution < 1.29 is 4.57 Å². The Balaban J connectivity index is 0.000000388. The third kappa shape index (κ3) is 9.23. The zero-order valence-electron chi connectivity index (χ0n) is 13.2. The Labute approximate surface area is 126 Å². The Morgan fingerprint density at radius 3 is 2.20 bits per heavy atom. The maximum atomic E-state index is 10.2. The highest BCUT2D eigenvalue weighted by Gasteiger charge is 2.12. The van der Waals surface area contributed by atoms with E-state index in [4.69, 9.17) is 5.73 Å². The Morgan fingerprint density at radius 1 is 1.15 bits per heavy atom. The van der Waals surface area contributed by atoms with Gasteiger partial charge in [0.2, 0.25) is 0 Å². The summed E-state index contributed by atoms with van der Waals surface area (Å²) >= 11 is 0. The predicted octanol–water partition coefficient (Wildman–Crippen LogP) is 5.28. The number of rotatable bonds is 8. The molecule has 0 aliphatic heterocycles. The lowest BCUT2D eigenvalue weighted by Crippen LogP contribution is -2.09. The molecular formula is C17H30NOP. The molecule has 0 aliphatic carbocycles. The molecule has 0 spiro atoms. The van der Waals surface area contributed by atoms with E-state index in [1.54, 1.807) is 0 Å². The van der Waals surface area contributed by atoms with Crippen molar-refractivity contribution >= 4 is 8.46 Å². The summed E-state index contributed by atoms with van der Waals surface area (Å²) in [5, 5.41) is 0. The van der Waals surface area contributed by atoms with Gasteiger partial charge in [0.05, 0.1) is 0 Å². The van der Waals surface area contributed by atoms with Crippen molar-refractivity contribution in [1.82, 2.24) is 0 Å². The summed E-state index contributed by atoms with van der Waals surface area (Å²) in [7, 11) is 0.313. The molecule has 2 nitrogen and oxygen atoms in total. The fourth-order valence-corrected chi connectivity index (χ4v) is 2.57. The summed E-state index contributed by atoms with van der Waals surface area (Å²) in [6.07, 6.45) is 5.75. The van der Waals surface area contributed by atoms with Gasteiger partial charge in [0.25, 0.3) is 0 Å². The molecule has 3 heteroatoms. The van der Waals surface area contributed by atoms with Crippen LogP contribution in [0.5, 0.6) is 0 Å². The maximum Gasteiger partial charge on any atom is 0.155 e. The van der Waals surface area contributed by atoms with Crippen LogP contribution in [0, 0.1) is 11.8 Å². The number of hydrogen-bond acceptors (Lipinski definition) is 2. The highest BCUT2D eigenvalue weighted by molar-refractivity contribution is 7.23. The monoisotopic (exact) mass is 295 g/mol. The molecule has 0 heterocycles. The fourth-order valence-electron chi connectivity index (χ4n) is 2.26. The first kappa shape index (κ1) is 19.3. The Kier molecular flexibility index (Phi) is 12.8. The molecule has 1 rings (SSSR count). The smallest absolute Gasteiger partial charge is 0.155 e. The molecule has 1 aromatic carbocycles.